The Kier molecular flexibility index (Phi) is 3.97. The van der Waals surface area contributed by atoms with Crippen LogP contribution in [0.4, 0.5) is 5.13 Å². The summed E-state index contributed by atoms with van der Waals surface area (Å²) in [7, 11) is 0. The molecule has 112 valence electrons. The van der Waals surface area contributed by atoms with E-state index in [1.807, 2.05) is 37.3 Å². The molecule has 7 heteroatoms. The van der Waals surface area contributed by atoms with Crippen molar-refractivity contribution in [1.29, 1.82) is 0 Å². The Bertz CT molecular complexity index is 837. The van der Waals surface area contributed by atoms with Crippen molar-refractivity contribution in [3.05, 3.63) is 41.5 Å². The normalized spacial score (nSPS) is 10.8. The number of hydrogen-bond donors (Lipinski definition) is 1. The van der Waals surface area contributed by atoms with E-state index in [1.54, 1.807) is 10.8 Å². The topological polar surface area (TPSA) is 76.9 Å². The van der Waals surface area contributed by atoms with Gasteiger partial charge in [0.2, 0.25) is 16.9 Å². The molecule has 2 aromatic heterocycles. The number of aryl methyl sites for hydroxylation is 1. The minimum Gasteiger partial charge on any atom is -0.301 e. The Hall–Kier alpha value is -2.54. The Morgan fingerprint density at radius 1 is 1.18 bits per heavy atom. The number of rotatable bonds is 4. The van der Waals surface area contributed by atoms with Gasteiger partial charge in [0.25, 0.3) is 0 Å². The number of para-hydroxylation sites is 1. The molecule has 0 spiro atoms. The van der Waals surface area contributed by atoms with Gasteiger partial charge < -0.3 is 5.32 Å². The summed E-state index contributed by atoms with van der Waals surface area (Å²) in [6, 6.07) is 9.53. The van der Waals surface area contributed by atoms with E-state index in [0.29, 0.717) is 5.13 Å². The monoisotopic (exact) mass is 314 g/mol. The highest BCUT2D eigenvalue weighted by atomic mass is 32.1. The zero-order valence-electron chi connectivity index (χ0n) is 11.9. The van der Waals surface area contributed by atoms with Gasteiger partial charge in [-0.05, 0) is 19.1 Å². The van der Waals surface area contributed by atoms with Gasteiger partial charge in [0, 0.05) is 24.4 Å². The van der Waals surface area contributed by atoms with Gasteiger partial charge >= 0.3 is 0 Å². The van der Waals surface area contributed by atoms with Crippen LogP contribution in [0.2, 0.25) is 0 Å². The fourth-order valence-corrected chi connectivity index (χ4v) is 2.78. The van der Waals surface area contributed by atoms with E-state index < -0.39 is 0 Å². The van der Waals surface area contributed by atoms with Crippen molar-refractivity contribution >= 4 is 39.2 Å². The largest absolute Gasteiger partial charge is 0.301 e. The Morgan fingerprint density at radius 2 is 2.00 bits per heavy atom. The molecule has 0 atom stereocenters. The van der Waals surface area contributed by atoms with Crippen molar-refractivity contribution < 1.29 is 9.59 Å². The lowest BCUT2D eigenvalue weighted by atomic mass is 10.2. The van der Waals surface area contributed by atoms with Crippen LogP contribution in [-0.2, 0) is 4.79 Å². The molecule has 2 heterocycles. The second-order valence-corrected chi connectivity index (χ2v) is 5.99. The van der Waals surface area contributed by atoms with Crippen molar-refractivity contribution in [2.45, 2.75) is 19.8 Å². The fourth-order valence-electron chi connectivity index (χ4n) is 2.17. The first kappa shape index (κ1) is 14.4. The molecule has 3 rings (SSSR count). The quantitative estimate of drug-likeness (QED) is 0.803. The molecule has 0 unspecified atom stereocenters. The van der Waals surface area contributed by atoms with Crippen LogP contribution in [-0.4, -0.2) is 26.6 Å². The molecule has 0 aliphatic carbocycles. The van der Waals surface area contributed by atoms with E-state index in [0.717, 1.165) is 15.9 Å². The number of amides is 1. The molecule has 0 radical (unpaired) electrons. The van der Waals surface area contributed by atoms with Crippen LogP contribution < -0.4 is 5.32 Å². The molecule has 3 aromatic rings. The minimum atomic E-state index is -0.235. The summed E-state index contributed by atoms with van der Waals surface area (Å²) in [5.41, 5.74) is 0.854. The van der Waals surface area contributed by atoms with Crippen LogP contribution >= 0.6 is 11.3 Å². The smallest absolute Gasteiger partial charge is 0.231 e. The minimum absolute atomic E-state index is 0.107. The molecule has 0 bridgehead atoms. The van der Waals surface area contributed by atoms with Crippen LogP contribution in [0.1, 0.15) is 22.6 Å². The highest BCUT2D eigenvalue weighted by Gasteiger charge is 2.12. The van der Waals surface area contributed by atoms with Crippen molar-refractivity contribution in [1.82, 2.24) is 14.8 Å². The van der Waals surface area contributed by atoms with Gasteiger partial charge in [-0.25, -0.2) is 0 Å². The highest BCUT2D eigenvalue weighted by Crippen LogP contribution is 2.17. The third-order valence-corrected chi connectivity index (χ3v) is 3.96. The molecule has 0 aliphatic heterocycles. The van der Waals surface area contributed by atoms with E-state index in [1.165, 1.54) is 11.3 Å². The van der Waals surface area contributed by atoms with E-state index in [-0.39, 0.29) is 24.7 Å². The summed E-state index contributed by atoms with van der Waals surface area (Å²) in [6.07, 6.45) is 1.99. The summed E-state index contributed by atoms with van der Waals surface area (Å²) < 4.78 is 1.58. The summed E-state index contributed by atoms with van der Waals surface area (Å²) in [5.74, 6) is -0.342. The third-order valence-electron chi connectivity index (χ3n) is 3.21. The van der Waals surface area contributed by atoms with Gasteiger partial charge in [0.15, 0.2) is 0 Å². The predicted octanol–water partition coefficient (Wildman–Crippen LogP) is 2.86. The van der Waals surface area contributed by atoms with Crippen molar-refractivity contribution in [3.8, 4) is 0 Å². The number of benzene rings is 1. The van der Waals surface area contributed by atoms with Gasteiger partial charge in [0.05, 0.1) is 5.52 Å². The number of carbonyl (C=O) groups is 2. The standard InChI is InChI=1S/C15H14N4O2S/c1-10-17-18-15(22-10)16-13(20)6-7-14(21)19-9-8-11-4-2-3-5-12(11)19/h2-5,8-9H,6-7H2,1H3,(H,16,18,20). The molecular formula is C15H14N4O2S. The van der Waals surface area contributed by atoms with Crippen molar-refractivity contribution in [3.63, 3.8) is 0 Å². The van der Waals surface area contributed by atoms with E-state index in [4.69, 9.17) is 0 Å². The highest BCUT2D eigenvalue weighted by molar-refractivity contribution is 7.15. The van der Waals surface area contributed by atoms with Crippen molar-refractivity contribution in [2.75, 3.05) is 5.32 Å². The lowest BCUT2D eigenvalue weighted by Crippen LogP contribution is -2.16. The lowest BCUT2D eigenvalue weighted by molar-refractivity contribution is -0.116. The molecular weight excluding hydrogens is 300 g/mol. The number of nitrogens with zero attached hydrogens (tertiary/aromatic N) is 3. The van der Waals surface area contributed by atoms with Crippen LogP contribution in [0.5, 0.6) is 0 Å². The predicted molar refractivity (Wildman–Crippen MR) is 85.1 cm³/mol. The van der Waals surface area contributed by atoms with Crippen LogP contribution in [0.3, 0.4) is 0 Å². The third kappa shape index (κ3) is 3.04. The molecule has 22 heavy (non-hydrogen) atoms. The maximum Gasteiger partial charge on any atom is 0.231 e. The second-order valence-electron chi connectivity index (χ2n) is 4.81. The zero-order chi connectivity index (χ0) is 15.5. The molecule has 6 nitrogen and oxygen atoms in total. The first-order chi connectivity index (χ1) is 10.6. The lowest BCUT2D eigenvalue weighted by Gasteiger charge is -2.04. The fraction of sp³-hybridized carbons (Fsp3) is 0.200. The maximum atomic E-state index is 12.2. The van der Waals surface area contributed by atoms with Crippen LogP contribution in [0, 0.1) is 6.92 Å². The molecule has 1 aromatic carbocycles. The molecule has 1 N–H and O–H groups in total. The number of hydrogen-bond acceptors (Lipinski definition) is 5. The van der Waals surface area contributed by atoms with E-state index >= 15 is 0 Å². The van der Waals surface area contributed by atoms with Gasteiger partial charge in [-0.2, -0.15) is 0 Å². The molecule has 0 saturated carbocycles. The number of anilines is 1. The Labute approximate surface area is 130 Å². The molecule has 0 fully saturated rings. The van der Waals surface area contributed by atoms with E-state index in [9.17, 15) is 9.59 Å². The van der Waals surface area contributed by atoms with Gasteiger partial charge in [-0.3, -0.25) is 14.2 Å². The summed E-state index contributed by atoms with van der Waals surface area (Å²) in [4.78, 5) is 24.1. The molecule has 0 aliphatic rings. The average molecular weight is 314 g/mol. The first-order valence-electron chi connectivity index (χ1n) is 6.83. The van der Waals surface area contributed by atoms with Gasteiger partial charge in [-0.1, -0.05) is 29.5 Å². The van der Waals surface area contributed by atoms with Crippen LogP contribution in [0.15, 0.2) is 36.5 Å². The maximum absolute atomic E-state index is 12.2. The number of nitrogens with one attached hydrogen (secondary N) is 1. The number of fused-ring (bicyclic) bond motifs is 1. The second kappa shape index (κ2) is 6.07. The Balaban J connectivity index is 1.61. The zero-order valence-corrected chi connectivity index (χ0v) is 12.8. The van der Waals surface area contributed by atoms with Gasteiger partial charge in [-0.15, -0.1) is 10.2 Å². The number of carbonyl (C=O) groups excluding carboxylic acids is 2. The van der Waals surface area contributed by atoms with Gasteiger partial charge in [0.1, 0.15) is 5.01 Å². The molecule has 0 saturated heterocycles. The first-order valence-corrected chi connectivity index (χ1v) is 7.64. The average Bonchev–Trinajstić information content (AvgIpc) is 3.11. The SMILES string of the molecule is Cc1nnc(NC(=O)CCC(=O)n2ccc3ccccc32)s1. The molecule has 1 amide bonds. The van der Waals surface area contributed by atoms with E-state index in [2.05, 4.69) is 15.5 Å². The number of aromatic nitrogens is 3. The van der Waals surface area contributed by atoms with Crippen molar-refractivity contribution in [2.24, 2.45) is 0 Å². The Morgan fingerprint density at radius 3 is 2.77 bits per heavy atom. The summed E-state index contributed by atoms with van der Waals surface area (Å²) in [5, 5.41) is 12.5. The van der Waals surface area contributed by atoms with Crippen LogP contribution in [0.25, 0.3) is 10.9 Å². The summed E-state index contributed by atoms with van der Waals surface area (Å²) >= 11 is 1.31. The summed E-state index contributed by atoms with van der Waals surface area (Å²) in [6.45, 7) is 1.81.